The van der Waals surface area contributed by atoms with Gasteiger partial charge in [0.05, 0.1) is 24.8 Å². The molecule has 1 aromatic heterocycles. The molecule has 1 amide bonds. The highest BCUT2D eigenvalue weighted by Gasteiger charge is 2.22. The fraction of sp³-hybridized carbons (Fsp3) is 0.111. The second-order valence-electron chi connectivity index (χ2n) is 8.02. The number of carbonyl (C=O) groups is 2. The van der Waals surface area contributed by atoms with Gasteiger partial charge in [0.15, 0.2) is 5.78 Å². The number of sulfonamides is 1. The van der Waals surface area contributed by atoms with E-state index in [9.17, 15) is 18.0 Å². The van der Waals surface area contributed by atoms with E-state index in [1.807, 2.05) is 35.1 Å². The van der Waals surface area contributed by atoms with Gasteiger partial charge in [-0.05, 0) is 42.5 Å². The molecule has 36 heavy (non-hydrogen) atoms. The molecule has 0 atom stereocenters. The van der Waals surface area contributed by atoms with E-state index in [-0.39, 0.29) is 16.0 Å². The van der Waals surface area contributed by atoms with Crippen molar-refractivity contribution in [3.8, 4) is 22.8 Å². The number of ketones is 1. The fourth-order valence-corrected chi connectivity index (χ4v) is 4.88. The summed E-state index contributed by atoms with van der Waals surface area (Å²) < 4.78 is 37.4. The van der Waals surface area contributed by atoms with Gasteiger partial charge in [0.2, 0.25) is 5.91 Å². The van der Waals surface area contributed by atoms with Crippen LogP contribution in [0.5, 0.6) is 11.5 Å². The third-order valence-electron chi connectivity index (χ3n) is 5.65. The number of allylic oxidation sites excluding steroid dienone is 1. The van der Waals surface area contributed by atoms with Crippen LogP contribution in [0.2, 0.25) is 0 Å². The predicted octanol–water partition coefficient (Wildman–Crippen LogP) is 4.57. The van der Waals surface area contributed by atoms with Gasteiger partial charge in [0, 0.05) is 46.2 Å². The van der Waals surface area contributed by atoms with Crippen LogP contribution in [0.1, 0.15) is 22.8 Å². The number of para-hydroxylation sites is 1. The van der Waals surface area contributed by atoms with E-state index in [0.717, 1.165) is 29.1 Å². The zero-order valence-corrected chi connectivity index (χ0v) is 20.7. The number of carbonyl (C=O) groups excluding carboxylic acids is 2. The van der Waals surface area contributed by atoms with Crippen molar-refractivity contribution in [2.75, 3.05) is 14.2 Å². The van der Waals surface area contributed by atoms with Crippen LogP contribution < -0.4 is 14.2 Å². The molecule has 184 valence electrons. The Bertz CT molecular complexity index is 1570. The molecular formula is C27H24N2O6S. The van der Waals surface area contributed by atoms with Crippen molar-refractivity contribution in [2.45, 2.75) is 11.8 Å². The van der Waals surface area contributed by atoms with E-state index in [4.69, 9.17) is 9.47 Å². The summed E-state index contributed by atoms with van der Waals surface area (Å²) in [5, 5.41) is 1.02. The first-order chi connectivity index (χ1) is 17.1. The normalized spacial score (nSPS) is 11.2. The maximum absolute atomic E-state index is 13.3. The van der Waals surface area contributed by atoms with Crippen LogP contribution in [0.25, 0.3) is 27.7 Å². The molecule has 8 nitrogen and oxygen atoms in total. The third kappa shape index (κ3) is 4.73. The Balaban J connectivity index is 1.72. The van der Waals surface area contributed by atoms with Crippen molar-refractivity contribution in [1.82, 2.24) is 9.71 Å². The summed E-state index contributed by atoms with van der Waals surface area (Å²) in [6, 6.07) is 18.6. The quantitative estimate of drug-likeness (QED) is 0.268. The number of rotatable bonds is 8. The predicted molar refractivity (Wildman–Crippen MR) is 138 cm³/mol. The number of Topliss-reactive ketones (excluding diaryl/α,β-unsaturated/α-hetero) is 1. The number of aromatic amines is 1. The zero-order chi connectivity index (χ0) is 26.0. The topological polar surface area (TPSA) is 115 Å². The van der Waals surface area contributed by atoms with Crippen molar-refractivity contribution >= 4 is 38.2 Å². The number of ether oxygens (including phenoxy) is 2. The molecule has 2 N–H and O–H groups in total. The third-order valence-corrected chi connectivity index (χ3v) is 7.09. The lowest BCUT2D eigenvalue weighted by Crippen LogP contribution is -2.28. The van der Waals surface area contributed by atoms with Gasteiger partial charge in [-0.1, -0.05) is 24.8 Å². The molecule has 0 aliphatic carbocycles. The standard InChI is InChI=1S/C27H24N2O6S/c1-16(27(31)18-9-11-20(12-10-18)36(32,33)29-17(2)30)21-14-22(26(35-4)15-25(21)34-3)24-13-19-7-5-6-8-23(19)28-24/h5-15,28H,1H2,2-4H3,(H,29,30). The summed E-state index contributed by atoms with van der Waals surface area (Å²) in [6.45, 7) is 5.10. The zero-order valence-electron chi connectivity index (χ0n) is 19.9. The molecule has 0 radical (unpaired) electrons. The monoisotopic (exact) mass is 504 g/mol. The number of hydrogen-bond acceptors (Lipinski definition) is 6. The molecule has 0 fully saturated rings. The van der Waals surface area contributed by atoms with Crippen molar-refractivity contribution in [2.24, 2.45) is 0 Å². The summed E-state index contributed by atoms with van der Waals surface area (Å²) in [5.41, 5.74) is 3.32. The van der Waals surface area contributed by atoms with Gasteiger partial charge >= 0.3 is 0 Å². The molecule has 0 saturated heterocycles. The van der Waals surface area contributed by atoms with E-state index in [0.29, 0.717) is 17.1 Å². The van der Waals surface area contributed by atoms with Crippen LogP contribution in [0.3, 0.4) is 0 Å². The van der Waals surface area contributed by atoms with E-state index in [2.05, 4.69) is 11.6 Å². The lowest BCUT2D eigenvalue weighted by atomic mass is 9.95. The molecular weight excluding hydrogens is 480 g/mol. The summed E-state index contributed by atoms with van der Waals surface area (Å²) in [7, 11) is -0.972. The molecule has 0 aliphatic heterocycles. The largest absolute Gasteiger partial charge is 0.496 e. The Morgan fingerprint density at radius 2 is 1.58 bits per heavy atom. The molecule has 0 aliphatic rings. The van der Waals surface area contributed by atoms with Gasteiger partial charge in [0.25, 0.3) is 10.0 Å². The summed E-state index contributed by atoms with van der Waals surface area (Å²) in [6.07, 6.45) is 0. The summed E-state index contributed by atoms with van der Waals surface area (Å²) >= 11 is 0. The van der Waals surface area contributed by atoms with E-state index < -0.39 is 21.7 Å². The first kappa shape index (κ1) is 24.7. The number of hydrogen-bond donors (Lipinski definition) is 2. The van der Waals surface area contributed by atoms with Gasteiger partial charge in [-0.15, -0.1) is 0 Å². The lowest BCUT2D eigenvalue weighted by Gasteiger charge is -2.16. The minimum absolute atomic E-state index is 0.136. The Kier molecular flexibility index (Phi) is 6.67. The van der Waals surface area contributed by atoms with Gasteiger partial charge < -0.3 is 14.5 Å². The maximum Gasteiger partial charge on any atom is 0.264 e. The van der Waals surface area contributed by atoms with Gasteiger partial charge in [0.1, 0.15) is 11.5 Å². The Morgan fingerprint density at radius 1 is 0.917 bits per heavy atom. The molecule has 3 aromatic carbocycles. The number of aromatic nitrogens is 1. The highest BCUT2D eigenvalue weighted by atomic mass is 32.2. The average molecular weight is 505 g/mol. The molecule has 0 saturated carbocycles. The van der Waals surface area contributed by atoms with Gasteiger partial charge in [-0.3, -0.25) is 9.59 Å². The molecule has 4 rings (SSSR count). The van der Waals surface area contributed by atoms with Crippen molar-refractivity contribution in [1.29, 1.82) is 0 Å². The van der Waals surface area contributed by atoms with Gasteiger partial charge in [-0.25, -0.2) is 13.1 Å². The number of benzene rings is 3. The number of H-pyrrole nitrogens is 1. The highest BCUT2D eigenvalue weighted by Crippen LogP contribution is 2.39. The molecule has 0 spiro atoms. The number of nitrogens with one attached hydrogen (secondary N) is 2. The average Bonchev–Trinajstić information content (AvgIpc) is 3.30. The number of amides is 1. The van der Waals surface area contributed by atoms with Crippen molar-refractivity contribution in [3.05, 3.63) is 84.4 Å². The minimum Gasteiger partial charge on any atom is -0.496 e. The number of methoxy groups -OCH3 is 2. The second kappa shape index (κ2) is 9.71. The van der Waals surface area contributed by atoms with Crippen LogP contribution >= 0.6 is 0 Å². The first-order valence-electron chi connectivity index (χ1n) is 10.9. The number of fused-ring (bicyclic) bond motifs is 1. The molecule has 0 unspecified atom stereocenters. The fourth-order valence-electron chi connectivity index (χ4n) is 3.89. The van der Waals surface area contributed by atoms with Crippen LogP contribution in [0, 0.1) is 0 Å². The minimum atomic E-state index is -4.01. The smallest absolute Gasteiger partial charge is 0.264 e. The Hall–Kier alpha value is -4.37. The molecule has 4 aromatic rings. The van der Waals surface area contributed by atoms with E-state index >= 15 is 0 Å². The van der Waals surface area contributed by atoms with Crippen molar-refractivity contribution in [3.63, 3.8) is 0 Å². The summed E-state index contributed by atoms with van der Waals surface area (Å²) in [5.74, 6) is -0.171. The molecule has 9 heteroatoms. The van der Waals surface area contributed by atoms with E-state index in [1.54, 1.807) is 19.2 Å². The van der Waals surface area contributed by atoms with Crippen LogP contribution in [-0.4, -0.2) is 39.3 Å². The lowest BCUT2D eigenvalue weighted by molar-refractivity contribution is -0.117. The Labute approximate surface area is 208 Å². The SMILES string of the molecule is C=C(C(=O)c1ccc(S(=O)(=O)NC(C)=O)cc1)c1cc(-c2cc3ccccc3[nH]2)c(OC)cc1OC. The van der Waals surface area contributed by atoms with Crippen LogP contribution in [0.15, 0.2) is 78.2 Å². The van der Waals surface area contributed by atoms with Crippen LogP contribution in [-0.2, 0) is 14.8 Å². The maximum atomic E-state index is 13.3. The molecule has 0 bridgehead atoms. The van der Waals surface area contributed by atoms with Crippen LogP contribution in [0.4, 0.5) is 0 Å². The summed E-state index contributed by atoms with van der Waals surface area (Å²) in [4.78, 5) is 27.7. The Morgan fingerprint density at radius 3 is 2.19 bits per heavy atom. The van der Waals surface area contributed by atoms with Crippen molar-refractivity contribution < 1.29 is 27.5 Å². The second-order valence-corrected chi connectivity index (χ2v) is 9.70. The highest BCUT2D eigenvalue weighted by molar-refractivity contribution is 7.90. The molecule has 1 heterocycles. The van der Waals surface area contributed by atoms with Gasteiger partial charge in [-0.2, -0.15) is 0 Å². The first-order valence-corrected chi connectivity index (χ1v) is 12.3. The van der Waals surface area contributed by atoms with E-state index in [1.165, 1.54) is 31.4 Å².